The van der Waals surface area contributed by atoms with Crippen molar-refractivity contribution in [2.75, 3.05) is 13.8 Å². The fraction of sp³-hybridized carbons (Fsp3) is 0.133. The van der Waals surface area contributed by atoms with E-state index >= 15 is 0 Å². The Balaban J connectivity index is 1.91. The molecule has 23 heavy (non-hydrogen) atoms. The minimum Gasteiger partial charge on any atom is -0.454 e. The van der Waals surface area contributed by atoms with E-state index in [4.69, 9.17) is 9.47 Å². The Bertz CT molecular complexity index is 989. The first-order valence-electron chi connectivity index (χ1n) is 6.90. The van der Waals surface area contributed by atoms with Crippen molar-refractivity contribution in [3.63, 3.8) is 0 Å². The number of H-pyrrole nitrogens is 1. The molecule has 1 aliphatic heterocycles. The maximum atomic E-state index is 12.2. The van der Waals surface area contributed by atoms with Crippen LogP contribution >= 0.6 is 0 Å². The zero-order chi connectivity index (χ0) is 16.0. The highest BCUT2D eigenvalue weighted by Gasteiger charge is 2.17. The molecule has 1 aliphatic rings. The molecule has 0 spiro atoms. The third-order valence-electron chi connectivity index (χ3n) is 3.65. The van der Waals surface area contributed by atoms with Gasteiger partial charge in [0.1, 0.15) is 5.56 Å². The fourth-order valence-electron chi connectivity index (χ4n) is 2.50. The molecule has 0 saturated carbocycles. The number of benzene rings is 1. The van der Waals surface area contributed by atoms with Crippen LogP contribution in [0.25, 0.3) is 16.9 Å². The maximum absolute atomic E-state index is 12.2. The Morgan fingerprint density at radius 2 is 2.13 bits per heavy atom. The first-order chi connectivity index (χ1) is 11.2. The van der Waals surface area contributed by atoms with E-state index in [-0.39, 0.29) is 18.3 Å². The van der Waals surface area contributed by atoms with Gasteiger partial charge in [0.15, 0.2) is 17.1 Å². The van der Waals surface area contributed by atoms with Crippen molar-refractivity contribution in [2.45, 2.75) is 0 Å². The molecule has 0 aliphatic carbocycles. The largest absolute Gasteiger partial charge is 0.454 e. The number of carbonyl (C=O) groups is 1. The summed E-state index contributed by atoms with van der Waals surface area (Å²) < 4.78 is 11.8. The minimum atomic E-state index is -0.332. The summed E-state index contributed by atoms with van der Waals surface area (Å²) in [5.41, 5.74) is 1.61. The molecule has 1 amide bonds. The lowest BCUT2D eigenvalue weighted by atomic mass is 10.1. The van der Waals surface area contributed by atoms with Gasteiger partial charge in [0.2, 0.25) is 6.79 Å². The third-order valence-corrected chi connectivity index (χ3v) is 3.65. The van der Waals surface area contributed by atoms with Crippen molar-refractivity contribution in [1.82, 2.24) is 19.9 Å². The van der Waals surface area contributed by atoms with Gasteiger partial charge in [-0.25, -0.2) is 0 Å². The van der Waals surface area contributed by atoms with Gasteiger partial charge in [-0.15, -0.1) is 0 Å². The van der Waals surface area contributed by atoms with Gasteiger partial charge in [-0.2, -0.15) is 9.61 Å². The number of ether oxygens (including phenoxy) is 2. The standard InChI is InChI=1S/C15H12N4O4/c1-16-15(21)9-6-17-19-13(20)5-10(18-14(9)19)8-2-3-11-12(4-8)23-7-22-11/h2-6,18H,7H2,1H3,(H,16,21). The van der Waals surface area contributed by atoms with Crippen molar-refractivity contribution >= 4 is 11.6 Å². The van der Waals surface area contributed by atoms with Gasteiger partial charge in [0.25, 0.3) is 11.5 Å². The van der Waals surface area contributed by atoms with Crippen LogP contribution < -0.4 is 20.3 Å². The summed E-state index contributed by atoms with van der Waals surface area (Å²) >= 11 is 0. The SMILES string of the molecule is CNC(=O)c1cnn2c(=O)cc(-c3ccc4c(c3)OCO4)[nH]c12. The van der Waals surface area contributed by atoms with Crippen molar-refractivity contribution in [2.24, 2.45) is 0 Å². The number of nitrogens with one attached hydrogen (secondary N) is 2. The van der Waals surface area contributed by atoms with E-state index in [2.05, 4.69) is 15.4 Å². The molecular weight excluding hydrogens is 300 g/mol. The zero-order valence-corrected chi connectivity index (χ0v) is 12.1. The number of aromatic nitrogens is 3. The molecule has 0 radical (unpaired) electrons. The van der Waals surface area contributed by atoms with Crippen LogP contribution in [0.5, 0.6) is 11.5 Å². The third kappa shape index (κ3) is 2.03. The number of hydrogen-bond acceptors (Lipinski definition) is 5. The quantitative estimate of drug-likeness (QED) is 0.728. The van der Waals surface area contributed by atoms with Gasteiger partial charge in [-0.05, 0) is 18.2 Å². The number of rotatable bonds is 2. The predicted octanol–water partition coefficient (Wildman–Crippen LogP) is 0.778. The zero-order valence-electron chi connectivity index (χ0n) is 12.1. The molecule has 1 aromatic carbocycles. The summed E-state index contributed by atoms with van der Waals surface area (Å²) in [6.45, 7) is 0.178. The fourth-order valence-corrected chi connectivity index (χ4v) is 2.50. The molecule has 3 heterocycles. The van der Waals surface area contributed by atoms with Gasteiger partial charge >= 0.3 is 0 Å². The predicted molar refractivity (Wildman–Crippen MR) is 80.8 cm³/mol. The highest BCUT2D eigenvalue weighted by Crippen LogP contribution is 2.35. The van der Waals surface area contributed by atoms with E-state index in [1.54, 1.807) is 12.1 Å². The van der Waals surface area contributed by atoms with Crippen molar-refractivity contribution in [3.8, 4) is 22.8 Å². The Morgan fingerprint density at radius 3 is 2.96 bits per heavy atom. The number of hydrogen-bond donors (Lipinski definition) is 2. The molecule has 0 saturated heterocycles. The number of amides is 1. The van der Waals surface area contributed by atoms with Crippen LogP contribution in [0.3, 0.4) is 0 Å². The van der Waals surface area contributed by atoms with E-state index in [1.165, 1.54) is 19.3 Å². The minimum absolute atomic E-state index is 0.178. The van der Waals surface area contributed by atoms with E-state index in [9.17, 15) is 9.59 Å². The number of aromatic amines is 1. The molecule has 0 bridgehead atoms. The van der Waals surface area contributed by atoms with Crippen LogP contribution in [0.2, 0.25) is 0 Å². The van der Waals surface area contributed by atoms with Gasteiger partial charge < -0.3 is 19.8 Å². The van der Waals surface area contributed by atoms with Crippen LogP contribution in [0, 0.1) is 0 Å². The summed E-state index contributed by atoms with van der Waals surface area (Å²) in [5.74, 6) is 0.953. The highest BCUT2D eigenvalue weighted by molar-refractivity contribution is 5.99. The van der Waals surface area contributed by atoms with E-state index < -0.39 is 0 Å². The monoisotopic (exact) mass is 312 g/mol. The molecule has 3 aromatic rings. The molecular formula is C15H12N4O4. The number of carbonyl (C=O) groups excluding carboxylic acids is 1. The Hall–Kier alpha value is -3.29. The first-order valence-corrected chi connectivity index (χ1v) is 6.90. The average molecular weight is 312 g/mol. The second-order valence-corrected chi connectivity index (χ2v) is 4.99. The summed E-state index contributed by atoms with van der Waals surface area (Å²) in [6.07, 6.45) is 1.36. The van der Waals surface area contributed by atoms with Crippen molar-refractivity contribution in [3.05, 3.63) is 46.4 Å². The molecule has 2 aromatic heterocycles. The summed E-state index contributed by atoms with van der Waals surface area (Å²) in [5, 5.41) is 6.47. The van der Waals surface area contributed by atoms with Gasteiger partial charge in [0.05, 0.1) is 11.9 Å². The van der Waals surface area contributed by atoms with Crippen molar-refractivity contribution < 1.29 is 14.3 Å². The summed E-state index contributed by atoms with van der Waals surface area (Å²) in [6, 6.07) is 6.78. The molecule has 4 rings (SSSR count). The Kier molecular flexibility index (Phi) is 2.83. The van der Waals surface area contributed by atoms with Crippen molar-refractivity contribution in [1.29, 1.82) is 0 Å². The molecule has 2 N–H and O–H groups in total. The molecule has 0 fully saturated rings. The summed E-state index contributed by atoms with van der Waals surface area (Å²) in [4.78, 5) is 27.2. The molecule has 8 nitrogen and oxygen atoms in total. The molecule has 8 heteroatoms. The smallest absolute Gasteiger partial charge is 0.274 e. The van der Waals surface area contributed by atoms with E-state index in [0.717, 1.165) is 10.1 Å². The number of fused-ring (bicyclic) bond motifs is 2. The average Bonchev–Trinajstić information content (AvgIpc) is 3.20. The van der Waals surface area contributed by atoms with Crippen LogP contribution in [0.15, 0.2) is 35.3 Å². The lowest BCUT2D eigenvalue weighted by Gasteiger charge is -2.05. The summed E-state index contributed by atoms with van der Waals surface area (Å²) in [7, 11) is 1.52. The van der Waals surface area contributed by atoms with Gasteiger partial charge in [-0.1, -0.05) is 0 Å². The second-order valence-electron chi connectivity index (χ2n) is 4.99. The Labute approximate surface area is 129 Å². The lowest BCUT2D eigenvalue weighted by molar-refractivity contribution is 0.0964. The van der Waals surface area contributed by atoms with Crippen LogP contribution in [-0.4, -0.2) is 34.3 Å². The molecule has 0 atom stereocenters. The molecule has 116 valence electrons. The van der Waals surface area contributed by atoms with E-state index in [0.29, 0.717) is 28.4 Å². The van der Waals surface area contributed by atoms with Gasteiger partial charge in [-0.3, -0.25) is 9.59 Å². The maximum Gasteiger partial charge on any atom is 0.274 e. The van der Waals surface area contributed by atoms with Crippen LogP contribution in [-0.2, 0) is 0 Å². The first kappa shape index (κ1) is 13.4. The number of nitrogens with zero attached hydrogens (tertiary/aromatic N) is 2. The van der Waals surface area contributed by atoms with Crippen LogP contribution in [0.1, 0.15) is 10.4 Å². The van der Waals surface area contributed by atoms with Gasteiger partial charge in [0, 0.05) is 18.7 Å². The molecule has 0 unspecified atom stereocenters. The topological polar surface area (TPSA) is 97.7 Å². The Morgan fingerprint density at radius 1 is 1.30 bits per heavy atom. The lowest BCUT2D eigenvalue weighted by Crippen LogP contribution is -2.19. The second kappa shape index (κ2) is 4.87. The normalized spacial score (nSPS) is 12.6. The van der Waals surface area contributed by atoms with E-state index in [1.807, 2.05) is 6.07 Å². The van der Waals surface area contributed by atoms with Crippen LogP contribution in [0.4, 0.5) is 0 Å². The highest BCUT2D eigenvalue weighted by atomic mass is 16.7.